The SMILES string of the molecule is C=CCC1(S(=O)(=O)Nc2c(Nc3ccc(I)cc3F)c(C)c(=O)n3c2SCC3)CC1. The van der Waals surface area contributed by atoms with Crippen molar-refractivity contribution in [1.82, 2.24) is 4.57 Å². The zero-order valence-corrected chi connectivity index (χ0v) is 20.1. The molecule has 0 saturated heterocycles. The normalized spacial score (nSPS) is 16.8. The van der Waals surface area contributed by atoms with Gasteiger partial charge < -0.3 is 9.88 Å². The number of fused-ring (bicyclic) bond motifs is 1. The van der Waals surface area contributed by atoms with Gasteiger partial charge in [-0.05, 0) is 67.0 Å². The lowest BCUT2D eigenvalue weighted by molar-refractivity contribution is 0.582. The molecule has 2 heterocycles. The van der Waals surface area contributed by atoms with Crippen molar-refractivity contribution in [1.29, 1.82) is 0 Å². The predicted octanol–water partition coefficient (Wildman–Crippen LogP) is 4.60. The van der Waals surface area contributed by atoms with Gasteiger partial charge in [-0.1, -0.05) is 6.08 Å². The summed E-state index contributed by atoms with van der Waals surface area (Å²) in [7, 11) is -3.73. The molecule has 30 heavy (non-hydrogen) atoms. The standard InChI is InChI=1S/C20H21FIN3O3S2/c1-3-6-20(7-8-20)30(27,28)24-17-16(23-15-5-4-13(22)11-14(15)21)12(2)18(26)25-9-10-29-19(17)25/h3-5,11,23-24H,1,6-10H2,2H3. The largest absolute Gasteiger partial charge is 0.351 e. The first-order valence-electron chi connectivity index (χ1n) is 9.45. The zero-order chi connectivity index (χ0) is 21.7. The summed E-state index contributed by atoms with van der Waals surface area (Å²) in [4.78, 5) is 12.9. The molecule has 2 aromatic rings. The summed E-state index contributed by atoms with van der Waals surface area (Å²) in [5.74, 6) is 0.191. The van der Waals surface area contributed by atoms with Crippen LogP contribution in [0.4, 0.5) is 21.5 Å². The van der Waals surface area contributed by atoms with Crippen molar-refractivity contribution in [3.63, 3.8) is 0 Å². The molecule has 0 atom stereocenters. The van der Waals surface area contributed by atoms with E-state index in [0.29, 0.717) is 53.5 Å². The highest BCUT2D eigenvalue weighted by Crippen LogP contribution is 2.49. The van der Waals surface area contributed by atoms with Crippen LogP contribution in [0.3, 0.4) is 0 Å². The van der Waals surface area contributed by atoms with Crippen LogP contribution in [0.15, 0.2) is 40.7 Å². The summed E-state index contributed by atoms with van der Waals surface area (Å²) < 4.78 is 45.2. The van der Waals surface area contributed by atoms with Crippen LogP contribution >= 0.6 is 34.4 Å². The molecule has 6 nitrogen and oxygen atoms in total. The van der Waals surface area contributed by atoms with Gasteiger partial charge in [0.1, 0.15) is 16.5 Å². The van der Waals surface area contributed by atoms with Crippen molar-refractivity contribution in [2.75, 3.05) is 15.8 Å². The molecular formula is C20H21FIN3O3S2. The fourth-order valence-corrected chi connectivity index (χ4v) is 6.90. The number of benzene rings is 1. The Morgan fingerprint density at radius 3 is 2.73 bits per heavy atom. The van der Waals surface area contributed by atoms with Gasteiger partial charge in [0.2, 0.25) is 10.0 Å². The molecule has 1 aliphatic carbocycles. The van der Waals surface area contributed by atoms with Gasteiger partial charge in [0.15, 0.2) is 0 Å². The number of nitrogens with one attached hydrogen (secondary N) is 2. The number of pyridine rings is 1. The number of aromatic nitrogens is 1. The van der Waals surface area contributed by atoms with E-state index in [1.54, 1.807) is 29.7 Å². The molecule has 0 spiro atoms. The second kappa shape index (κ2) is 7.86. The van der Waals surface area contributed by atoms with E-state index in [2.05, 4.69) is 16.6 Å². The van der Waals surface area contributed by atoms with Crippen LogP contribution in [0.25, 0.3) is 0 Å². The summed E-state index contributed by atoms with van der Waals surface area (Å²) in [6.45, 7) is 5.81. The third-order valence-corrected chi connectivity index (χ3v) is 9.47. The molecule has 10 heteroatoms. The van der Waals surface area contributed by atoms with Gasteiger partial charge in [-0.15, -0.1) is 18.3 Å². The van der Waals surface area contributed by atoms with Crippen LogP contribution in [0.2, 0.25) is 0 Å². The number of hydrogen-bond acceptors (Lipinski definition) is 5. The molecule has 0 bridgehead atoms. The molecule has 4 rings (SSSR count). The van der Waals surface area contributed by atoms with Gasteiger partial charge in [0.25, 0.3) is 5.56 Å². The Kier molecular flexibility index (Phi) is 5.69. The van der Waals surface area contributed by atoms with Crippen LogP contribution in [0.5, 0.6) is 0 Å². The van der Waals surface area contributed by atoms with E-state index in [0.717, 1.165) is 3.57 Å². The van der Waals surface area contributed by atoms with E-state index in [9.17, 15) is 17.6 Å². The number of nitrogens with zero attached hydrogens (tertiary/aromatic N) is 1. The molecule has 0 radical (unpaired) electrons. The third-order valence-electron chi connectivity index (χ3n) is 5.52. The maximum Gasteiger partial charge on any atom is 0.256 e. The highest BCUT2D eigenvalue weighted by Gasteiger charge is 2.54. The minimum Gasteiger partial charge on any atom is -0.351 e. The second-order valence-electron chi connectivity index (χ2n) is 7.52. The maximum absolute atomic E-state index is 14.5. The summed E-state index contributed by atoms with van der Waals surface area (Å²) in [6, 6.07) is 4.69. The fourth-order valence-electron chi connectivity index (χ4n) is 3.62. The highest BCUT2D eigenvalue weighted by molar-refractivity contribution is 14.1. The first-order valence-corrected chi connectivity index (χ1v) is 13.0. The first-order chi connectivity index (χ1) is 14.2. The van der Waals surface area contributed by atoms with E-state index in [4.69, 9.17) is 0 Å². The Bertz CT molecular complexity index is 1210. The molecule has 1 aliphatic heterocycles. The third kappa shape index (κ3) is 3.66. The number of anilines is 3. The van der Waals surface area contributed by atoms with Gasteiger partial charge in [-0.2, -0.15) is 0 Å². The number of sulfonamides is 1. The lowest BCUT2D eigenvalue weighted by Gasteiger charge is -2.23. The van der Waals surface area contributed by atoms with Crippen molar-refractivity contribution in [2.24, 2.45) is 0 Å². The van der Waals surface area contributed by atoms with E-state index in [-0.39, 0.29) is 11.2 Å². The molecule has 1 aromatic carbocycles. The molecule has 2 N–H and O–H groups in total. The molecular weight excluding hydrogens is 540 g/mol. The lowest BCUT2D eigenvalue weighted by atomic mass is 10.2. The van der Waals surface area contributed by atoms with Crippen LogP contribution in [0, 0.1) is 16.3 Å². The topological polar surface area (TPSA) is 80.2 Å². The number of halogens is 2. The van der Waals surface area contributed by atoms with Crippen molar-refractivity contribution in [3.05, 3.63) is 56.2 Å². The van der Waals surface area contributed by atoms with Crippen molar-refractivity contribution in [3.8, 4) is 0 Å². The number of hydrogen-bond donors (Lipinski definition) is 2. The minimum atomic E-state index is -3.73. The first kappa shape index (κ1) is 21.7. The van der Waals surface area contributed by atoms with Gasteiger partial charge >= 0.3 is 0 Å². The van der Waals surface area contributed by atoms with E-state index in [1.807, 2.05) is 22.6 Å². The average molecular weight is 561 g/mol. The Morgan fingerprint density at radius 1 is 1.37 bits per heavy atom. The summed E-state index contributed by atoms with van der Waals surface area (Å²) in [6.07, 6.45) is 3.10. The lowest BCUT2D eigenvalue weighted by Crippen LogP contribution is -2.31. The molecule has 1 saturated carbocycles. The summed E-state index contributed by atoms with van der Waals surface area (Å²) in [5, 5.41) is 3.53. The van der Waals surface area contributed by atoms with Crippen LogP contribution in [-0.2, 0) is 16.6 Å². The molecule has 1 aromatic heterocycles. The molecule has 160 valence electrons. The van der Waals surface area contributed by atoms with Crippen molar-refractivity contribution >= 4 is 61.4 Å². The van der Waals surface area contributed by atoms with Gasteiger partial charge in [0.05, 0.1) is 16.1 Å². The maximum atomic E-state index is 14.5. The highest BCUT2D eigenvalue weighted by atomic mass is 127. The van der Waals surface area contributed by atoms with Gasteiger partial charge in [0, 0.05) is 21.4 Å². The second-order valence-corrected chi connectivity index (χ2v) is 11.9. The Labute approximate surface area is 192 Å². The smallest absolute Gasteiger partial charge is 0.256 e. The average Bonchev–Trinajstić information content (AvgIpc) is 3.32. The van der Waals surface area contributed by atoms with Crippen LogP contribution in [0.1, 0.15) is 24.8 Å². The van der Waals surface area contributed by atoms with E-state index in [1.165, 1.54) is 17.8 Å². The molecule has 2 aliphatic rings. The predicted molar refractivity (Wildman–Crippen MR) is 128 cm³/mol. The summed E-state index contributed by atoms with van der Waals surface area (Å²) >= 11 is 3.43. The number of rotatable bonds is 7. The quantitative estimate of drug-likeness (QED) is 0.382. The Morgan fingerprint density at radius 2 is 2.10 bits per heavy atom. The minimum absolute atomic E-state index is 0.179. The molecule has 0 unspecified atom stereocenters. The molecule has 0 amide bonds. The number of allylic oxidation sites excluding steroid dienone is 1. The monoisotopic (exact) mass is 561 g/mol. The van der Waals surface area contributed by atoms with Crippen molar-refractivity contribution < 1.29 is 12.8 Å². The van der Waals surface area contributed by atoms with E-state index >= 15 is 0 Å². The van der Waals surface area contributed by atoms with E-state index < -0.39 is 20.6 Å². The van der Waals surface area contributed by atoms with Crippen LogP contribution in [-0.4, -0.2) is 23.5 Å². The van der Waals surface area contributed by atoms with Crippen molar-refractivity contribution in [2.45, 2.75) is 42.5 Å². The Hall–Kier alpha value is -1.53. The number of thioether (sulfide) groups is 1. The summed E-state index contributed by atoms with van der Waals surface area (Å²) in [5.41, 5.74) is 0.907. The molecule has 1 fully saturated rings. The van der Waals surface area contributed by atoms with Crippen LogP contribution < -0.4 is 15.6 Å². The van der Waals surface area contributed by atoms with Gasteiger partial charge in [-0.25, -0.2) is 12.8 Å². The Balaban J connectivity index is 1.85. The zero-order valence-electron chi connectivity index (χ0n) is 16.3. The van der Waals surface area contributed by atoms with Gasteiger partial charge in [-0.3, -0.25) is 9.52 Å². The fraction of sp³-hybridized carbons (Fsp3) is 0.350.